The number of methoxy groups -OCH3 is 1. The Labute approximate surface area is 116 Å². The van der Waals surface area contributed by atoms with Crippen molar-refractivity contribution in [2.75, 3.05) is 13.7 Å². The van der Waals surface area contributed by atoms with Gasteiger partial charge in [0.15, 0.2) is 5.82 Å². The molecule has 106 valence electrons. The van der Waals surface area contributed by atoms with Crippen molar-refractivity contribution >= 4 is 5.97 Å². The predicted octanol–water partition coefficient (Wildman–Crippen LogP) is 1.77. The molecule has 0 aliphatic heterocycles. The standard InChI is InChI=1S/C14H16N2O4/c1-3-19-14(17)9-13-15-12(16-20-13)8-10-5-4-6-11(7-10)18-2/h4-7H,3,8-9H2,1-2H3. The summed E-state index contributed by atoms with van der Waals surface area (Å²) in [7, 11) is 1.62. The van der Waals surface area contributed by atoms with E-state index < -0.39 is 0 Å². The van der Waals surface area contributed by atoms with Gasteiger partial charge in [-0.2, -0.15) is 4.98 Å². The van der Waals surface area contributed by atoms with Gasteiger partial charge in [-0.25, -0.2) is 0 Å². The van der Waals surface area contributed by atoms with Gasteiger partial charge in [0.25, 0.3) is 0 Å². The molecule has 0 atom stereocenters. The Hall–Kier alpha value is -2.37. The van der Waals surface area contributed by atoms with Crippen molar-refractivity contribution in [3.63, 3.8) is 0 Å². The van der Waals surface area contributed by atoms with Crippen LogP contribution in [0.2, 0.25) is 0 Å². The van der Waals surface area contributed by atoms with Gasteiger partial charge >= 0.3 is 5.97 Å². The lowest BCUT2D eigenvalue weighted by atomic mass is 10.1. The number of carbonyl (C=O) groups excluding carboxylic acids is 1. The quantitative estimate of drug-likeness (QED) is 0.749. The van der Waals surface area contributed by atoms with Crippen molar-refractivity contribution in [2.45, 2.75) is 19.8 Å². The average Bonchev–Trinajstić information content (AvgIpc) is 2.86. The topological polar surface area (TPSA) is 74.5 Å². The summed E-state index contributed by atoms with van der Waals surface area (Å²) >= 11 is 0. The third-order valence-electron chi connectivity index (χ3n) is 2.61. The Kier molecular flexibility index (Phi) is 4.70. The fraction of sp³-hybridized carbons (Fsp3) is 0.357. The van der Waals surface area contributed by atoms with Crippen LogP contribution in [0.4, 0.5) is 0 Å². The molecule has 6 heteroatoms. The zero-order valence-corrected chi connectivity index (χ0v) is 11.5. The normalized spacial score (nSPS) is 10.3. The molecule has 0 saturated heterocycles. The number of ether oxygens (including phenoxy) is 2. The first-order chi connectivity index (χ1) is 9.71. The third-order valence-corrected chi connectivity index (χ3v) is 2.61. The van der Waals surface area contributed by atoms with Gasteiger partial charge in [-0.05, 0) is 24.6 Å². The summed E-state index contributed by atoms with van der Waals surface area (Å²) in [5.74, 6) is 1.20. The summed E-state index contributed by atoms with van der Waals surface area (Å²) in [6, 6.07) is 7.62. The molecular formula is C14H16N2O4. The van der Waals surface area contributed by atoms with E-state index >= 15 is 0 Å². The number of carbonyl (C=O) groups is 1. The Morgan fingerprint density at radius 2 is 2.25 bits per heavy atom. The van der Waals surface area contributed by atoms with E-state index in [0.717, 1.165) is 11.3 Å². The monoisotopic (exact) mass is 276 g/mol. The lowest BCUT2D eigenvalue weighted by Gasteiger charge is -2.01. The number of esters is 1. The second kappa shape index (κ2) is 6.70. The molecule has 0 saturated carbocycles. The minimum atomic E-state index is -0.371. The molecule has 1 aromatic heterocycles. The van der Waals surface area contributed by atoms with Crippen molar-refractivity contribution in [2.24, 2.45) is 0 Å². The first-order valence-electron chi connectivity index (χ1n) is 6.31. The van der Waals surface area contributed by atoms with Gasteiger partial charge in [-0.1, -0.05) is 17.3 Å². The maximum absolute atomic E-state index is 11.3. The number of aromatic nitrogens is 2. The van der Waals surface area contributed by atoms with Crippen molar-refractivity contribution in [3.05, 3.63) is 41.5 Å². The first-order valence-corrected chi connectivity index (χ1v) is 6.31. The second-order valence-corrected chi connectivity index (χ2v) is 4.11. The minimum Gasteiger partial charge on any atom is -0.497 e. The summed E-state index contributed by atoms with van der Waals surface area (Å²) in [5, 5.41) is 3.85. The molecule has 2 aromatic rings. The molecule has 0 spiro atoms. The summed E-state index contributed by atoms with van der Waals surface area (Å²) < 4.78 is 15.0. The largest absolute Gasteiger partial charge is 0.497 e. The lowest BCUT2D eigenvalue weighted by molar-refractivity contribution is -0.142. The van der Waals surface area contributed by atoms with Gasteiger partial charge < -0.3 is 14.0 Å². The minimum absolute atomic E-state index is 0.00104. The molecule has 0 radical (unpaired) electrons. The summed E-state index contributed by atoms with van der Waals surface area (Å²) in [4.78, 5) is 15.5. The van der Waals surface area contributed by atoms with Gasteiger partial charge in [-0.15, -0.1) is 0 Å². The van der Waals surface area contributed by atoms with E-state index in [0.29, 0.717) is 18.9 Å². The average molecular weight is 276 g/mol. The Morgan fingerprint density at radius 3 is 3.00 bits per heavy atom. The number of rotatable bonds is 6. The number of benzene rings is 1. The molecule has 0 amide bonds. The highest BCUT2D eigenvalue weighted by molar-refractivity contribution is 5.71. The van der Waals surface area contributed by atoms with Crippen LogP contribution < -0.4 is 4.74 Å². The number of nitrogens with zero attached hydrogens (tertiary/aromatic N) is 2. The maximum atomic E-state index is 11.3. The molecule has 0 unspecified atom stereocenters. The van der Waals surface area contributed by atoms with Crippen LogP contribution in [-0.4, -0.2) is 29.8 Å². The Morgan fingerprint density at radius 1 is 1.40 bits per heavy atom. The van der Waals surface area contributed by atoms with E-state index in [2.05, 4.69) is 10.1 Å². The molecule has 6 nitrogen and oxygen atoms in total. The van der Waals surface area contributed by atoms with Gasteiger partial charge in [0.2, 0.25) is 5.89 Å². The van der Waals surface area contributed by atoms with Crippen molar-refractivity contribution < 1.29 is 18.8 Å². The van der Waals surface area contributed by atoms with E-state index in [4.69, 9.17) is 14.0 Å². The smallest absolute Gasteiger partial charge is 0.315 e. The number of hydrogen-bond acceptors (Lipinski definition) is 6. The predicted molar refractivity (Wildman–Crippen MR) is 70.4 cm³/mol. The van der Waals surface area contributed by atoms with Crippen LogP contribution in [0.15, 0.2) is 28.8 Å². The van der Waals surface area contributed by atoms with Crippen LogP contribution in [0.25, 0.3) is 0 Å². The van der Waals surface area contributed by atoms with Crippen LogP contribution in [-0.2, 0) is 22.4 Å². The van der Waals surface area contributed by atoms with E-state index in [9.17, 15) is 4.79 Å². The fourth-order valence-electron chi connectivity index (χ4n) is 1.73. The van der Waals surface area contributed by atoms with E-state index in [1.807, 2.05) is 24.3 Å². The van der Waals surface area contributed by atoms with E-state index in [-0.39, 0.29) is 18.3 Å². The van der Waals surface area contributed by atoms with Gasteiger partial charge in [0.1, 0.15) is 12.2 Å². The molecule has 1 heterocycles. The molecule has 1 aromatic carbocycles. The zero-order chi connectivity index (χ0) is 14.4. The van der Waals surface area contributed by atoms with E-state index in [1.54, 1.807) is 14.0 Å². The van der Waals surface area contributed by atoms with Crippen LogP contribution in [0, 0.1) is 0 Å². The summed E-state index contributed by atoms with van der Waals surface area (Å²) in [6.07, 6.45) is 0.516. The third kappa shape index (κ3) is 3.81. The van der Waals surface area contributed by atoms with Crippen LogP contribution in [0.5, 0.6) is 5.75 Å². The Balaban J connectivity index is 2.00. The SMILES string of the molecule is CCOC(=O)Cc1nc(Cc2cccc(OC)c2)no1. The summed E-state index contributed by atoms with van der Waals surface area (Å²) in [6.45, 7) is 2.09. The lowest BCUT2D eigenvalue weighted by Crippen LogP contribution is -2.07. The molecule has 0 aliphatic carbocycles. The van der Waals surface area contributed by atoms with Crippen LogP contribution >= 0.6 is 0 Å². The van der Waals surface area contributed by atoms with Gasteiger partial charge in [-0.3, -0.25) is 4.79 Å². The molecular weight excluding hydrogens is 260 g/mol. The zero-order valence-electron chi connectivity index (χ0n) is 11.5. The van der Waals surface area contributed by atoms with Crippen LogP contribution in [0.3, 0.4) is 0 Å². The van der Waals surface area contributed by atoms with Crippen LogP contribution in [0.1, 0.15) is 24.2 Å². The fourth-order valence-corrected chi connectivity index (χ4v) is 1.73. The molecule has 0 bridgehead atoms. The molecule has 0 fully saturated rings. The first kappa shape index (κ1) is 14.0. The maximum Gasteiger partial charge on any atom is 0.315 e. The molecule has 0 N–H and O–H groups in total. The Bertz CT molecular complexity index is 580. The van der Waals surface area contributed by atoms with Gasteiger partial charge in [0.05, 0.1) is 13.7 Å². The van der Waals surface area contributed by atoms with Crippen molar-refractivity contribution in [1.29, 1.82) is 0 Å². The molecule has 20 heavy (non-hydrogen) atoms. The van der Waals surface area contributed by atoms with Crippen molar-refractivity contribution in [1.82, 2.24) is 10.1 Å². The van der Waals surface area contributed by atoms with E-state index in [1.165, 1.54) is 0 Å². The molecule has 2 rings (SSSR count). The molecule has 0 aliphatic rings. The van der Waals surface area contributed by atoms with Crippen molar-refractivity contribution in [3.8, 4) is 5.75 Å². The second-order valence-electron chi connectivity index (χ2n) is 4.11. The highest BCUT2D eigenvalue weighted by Gasteiger charge is 2.12. The number of hydrogen-bond donors (Lipinski definition) is 0. The summed E-state index contributed by atoms with van der Waals surface area (Å²) in [5.41, 5.74) is 1.01. The highest BCUT2D eigenvalue weighted by atomic mass is 16.5. The van der Waals surface area contributed by atoms with Gasteiger partial charge in [0, 0.05) is 6.42 Å². The highest BCUT2D eigenvalue weighted by Crippen LogP contribution is 2.15.